The van der Waals surface area contributed by atoms with E-state index in [9.17, 15) is 0 Å². The van der Waals surface area contributed by atoms with Crippen LogP contribution in [0.2, 0.25) is 0 Å². The lowest BCUT2D eigenvalue weighted by Crippen LogP contribution is -1.93. The van der Waals surface area contributed by atoms with Gasteiger partial charge in [0.15, 0.2) is 0 Å². The lowest BCUT2D eigenvalue weighted by Gasteiger charge is -1.98. The second kappa shape index (κ2) is 6.29. The zero-order chi connectivity index (χ0) is 12.8. The van der Waals surface area contributed by atoms with Crippen LogP contribution in [0.15, 0.2) is 29.6 Å². The van der Waals surface area contributed by atoms with E-state index in [-0.39, 0.29) is 0 Å². The molecule has 1 heterocycles. The first-order chi connectivity index (χ1) is 8.83. The largest absolute Gasteiger partial charge is 0.374 e. The van der Waals surface area contributed by atoms with Crippen molar-refractivity contribution in [3.05, 3.63) is 40.2 Å². The van der Waals surface area contributed by atoms with Crippen LogP contribution in [0.25, 0.3) is 11.3 Å². The molecule has 0 radical (unpaired) electrons. The zero-order valence-corrected chi connectivity index (χ0v) is 11.0. The van der Waals surface area contributed by atoms with E-state index in [2.05, 4.69) is 18.0 Å². The molecule has 0 N–H and O–H groups in total. The van der Waals surface area contributed by atoms with Crippen LogP contribution in [0.4, 0.5) is 0 Å². The maximum atomic E-state index is 8.74. The fourth-order valence-electron chi connectivity index (χ4n) is 1.53. The number of nitrogens with zero attached hydrogens (tertiary/aromatic N) is 2. The van der Waals surface area contributed by atoms with Crippen molar-refractivity contribution < 1.29 is 4.74 Å². The molecule has 0 spiro atoms. The van der Waals surface area contributed by atoms with Gasteiger partial charge in [-0.3, -0.25) is 0 Å². The molecule has 0 saturated heterocycles. The van der Waals surface area contributed by atoms with E-state index in [4.69, 9.17) is 10.00 Å². The summed E-state index contributed by atoms with van der Waals surface area (Å²) >= 11 is 1.60. The van der Waals surface area contributed by atoms with E-state index in [1.165, 1.54) is 0 Å². The summed E-state index contributed by atoms with van der Waals surface area (Å²) < 4.78 is 5.46. The van der Waals surface area contributed by atoms with Gasteiger partial charge in [-0.25, -0.2) is 4.98 Å². The minimum atomic E-state index is 0.578. The Balaban J connectivity index is 2.06. The van der Waals surface area contributed by atoms with Crippen molar-refractivity contribution in [1.82, 2.24) is 4.98 Å². The van der Waals surface area contributed by atoms with Gasteiger partial charge in [-0.05, 0) is 18.6 Å². The Bertz CT molecular complexity index is 540. The summed E-state index contributed by atoms with van der Waals surface area (Å²) in [6.07, 6.45) is 1.02. The Labute approximate surface area is 111 Å². The highest BCUT2D eigenvalue weighted by atomic mass is 32.1. The molecule has 0 amide bonds. The van der Waals surface area contributed by atoms with Gasteiger partial charge < -0.3 is 4.74 Å². The molecular weight excluding hydrogens is 244 g/mol. The quantitative estimate of drug-likeness (QED) is 0.770. The van der Waals surface area contributed by atoms with Gasteiger partial charge in [-0.1, -0.05) is 19.1 Å². The van der Waals surface area contributed by atoms with Gasteiger partial charge in [0.2, 0.25) is 0 Å². The minimum Gasteiger partial charge on any atom is -0.374 e. The number of benzene rings is 1. The van der Waals surface area contributed by atoms with Gasteiger partial charge in [0.25, 0.3) is 0 Å². The second-order valence-corrected chi connectivity index (χ2v) is 4.81. The molecule has 0 fully saturated rings. The molecule has 0 atom stereocenters. The third-order valence-corrected chi connectivity index (χ3v) is 3.26. The number of nitriles is 1. The van der Waals surface area contributed by atoms with Crippen molar-refractivity contribution in [2.75, 3.05) is 6.61 Å². The Morgan fingerprint density at radius 1 is 1.33 bits per heavy atom. The third kappa shape index (κ3) is 3.16. The molecule has 3 nitrogen and oxygen atoms in total. The van der Waals surface area contributed by atoms with Gasteiger partial charge in [0.1, 0.15) is 5.01 Å². The summed E-state index contributed by atoms with van der Waals surface area (Å²) in [6.45, 7) is 3.44. The topological polar surface area (TPSA) is 45.9 Å². The summed E-state index contributed by atoms with van der Waals surface area (Å²) in [6, 6.07) is 9.56. The first-order valence-electron chi connectivity index (χ1n) is 5.86. The van der Waals surface area contributed by atoms with E-state index in [1.54, 1.807) is 11.3 Å². The lowest BCUT2D eigenvalue weighted by atomic mass is 10.1. The fraction of sp³-hybridized carbons (Fsp3) is 0.286. The van der Waals surface area contributed by atoms with Crippen molar-refractivity contribution in [3.8, 4) is 17.3 Å². The SMILES string of the molecule is CCCOCc1nc(-c2ccc(C#N)cc2)cs1. The summed E-state index contributed by atoms with van der Waals surface area (Å²) in [7, 11) is 0. The predicted octanol–water partition coefficient (Wildman–Crippen LogP) is 3.61. The minimum absolute atomic E-state index is 0.578. The molecule has 0 aliphatic heterocycles. The van der Waals surface area contributed by atoms with Gasteiger partial charge in [-0.15, -0.1) is 11.3 Å². The molecule has 92 valence electrons. The number of thiazole rings is 1. The number of ether oxygens (including phenoxy) is 1. The number of rotatable bonds is 5. The van der Waals surface area contributed by atoms with Crippen LogP contribution in [0.3, 0.4) is 0 Å². The highest BCUT2D eigenvalue weighted by Gasteiger charge is 2.04. The van der Waals surface area contributed by atoms with E-state index in [0.717, 1.165) is 29.3 Å². The molecule has 2 aromatic rings. The highest BCUT2D eigenvalue weighted by molar-refractivity contribution is 7.09. The molecule has 4 heteroatoms. The molecule has 0 unspecified atom stereocenters. The highest BCUT2D eigenvalue weighted by Crippen LogP contribution is 2.22. The molecule has 1 aromatic carbocycles. The van der Waals surface area contributed by atoms with Crippen LogP contribution in [0.1, 0.15) is 23.9 Å². The molecule has 0 aliphatic carbocycles. The van der Waals surface area contributed by atoms with E-state index >= 15 is 0 Å². The zero-order valence-electron chi connectivity index (χ0n) is 10.2. The molecule has 2 rings (SSSR count). The Hall–Kier alpha value is -1.70. The standard InChI is InChI=1S/C14H14N2OS/c1-2-7-17-9-14-16-13(10-18-14)12-5-3-11(8-15)4-6-12/h3-6,10H,2,7,9H2,1H3. The van der Waals surface area contributed by atoms with Crippen LogP contribution >= 0.6 is 11.3 Å². The smallest absolute Gasteiger partial charge is 0.119 e. The maximum absolute atomic E-state index is 8.74. The first kappa shape index (κ1) is 12.7. The second-order valence-electron chi connectivity index (χ2n) is 3.87. The molecule has 0 aliphatic rings. The van der Waals surface area contributed by atoms with Crippen molar-refractivity contribution >= 4 is 11.3 Å². The van der Waals surface area contributed by atoms with E-state index in [0.29, 0.717) is 12.2 Å². The number of hydrogen-bond donors (Lipinski definition) is 0. The molecule has 0 bridgehead atoms. The van der Waals surface area contributed by atoms with Crippen LogP contribution < -0.4 is 0 Å². The molecule has 1 aromatic heterocycles. The van der Waals surface area contributed by atoms with Crippen LogP contribution in [0.5, 0.6) is 0 Å². The summed E-state index contributed by atoms with van der Waals surface area (Å²) in [5, 5.41) is 11.8. The van der Waals surface area contributed by atoms with Crippen LogP contribution in [0, 0.1) is 11.3 Å². The van der Waals surface area contributed by atoms with E-state index in [1.807, 2.05) is 29.6 Å². The molecule has 0 saturated carbocycles. The molecular formula is C14H14N2OS. The van der Waals surface area contributed by atoms with Gasteiger partial charge in [0.05, 0.1) is 23.9 Å². The predicted molar refractivity (Wildman–Crippen MR) is 72.2 cm³/mol. The average Bonchev–Trinajstić information content (AvgIpc) is 2.88. The van der Waals surface area contributed by atoms with Crippen molar-refractivity contribution in [2.24, 2.45) is 0 Å². The normalized spacial score (nSPS) is 10.2. The summed E-state index contributed by atoms with van der Waals surface area (Å²) in [4.78, 5) is 4.52. The Morgan fingerprint density at radius 3 is 2.78 bits per heavy atom. The number of hydrogen-bond acceptors (Lipinski definition) is 4. The van der Waals surface area contributed by atoms with Gasteiger partial charge in [0, 0.05) is 17.6 Å². The molecule has 18 heavy (non-hydrogen) atoms. The van der Waals surface area contributed by atoms with Crippen LogP contribution in [-0.4, -0.2) is 11.6 Å². The van der Waals surface area contributed by atoms with E-state index < -0.39 is 0 Å². The number of aromatic nitrogens is 1. The monoisotopic (exact) mass is 258 g/mol. The van der Waals surface area contributed by atoms with Crippen molar-refractivity contribution in [3.63, 3.8) is 0 Å². The Kier molecular flexibility index (Phi) is 4.46. The lowest BCUT2D eigenvalue weighted by molar-refractivity contribution is 0.121. The average molecular weight is 258 g/mol. The van der Waals surface area contributed by atoms with Crippen molar-refractivity contribution in [2.45, 2.75) is 20.0 Å². The fourth-order valence-corrected chi connectivity index (χ4v) is 2.27. The van der Waals surface area contributed by atoms with Crippen molar-refractivity contribution in [1.29, 1.82) is 5.26 Å². The van der Waals surface area contributed by atoms with Gasteiger partial charge >= 0.3 is 0 Å². The third-order valence-electron chi connectivity index (χ3n) is 2.44. The maximum Gasteiger partial charge on any atom is 0.119 e. The Morgan fingerprint density at radius 2 is 2.11 bits per heavy atom. The van der Waals surface area contributed by atoms with Gasteiger partial charge in [-0.2, -0.15) is 5.26 Å². The summed E-state index contributed by atoms with van der Waals surface area (Å²) in [5.41, 5.74) is 2.65. The first-order valence-corrected chi connectivity index (χ1v) is 6.74. The van der Waals surface area contributed by atoms with Crippen LogP contribution in [-0.2, 0) is 11.3 Å². The summed E-state index contributed by atoms with van der Waals surface area (Å²) in [5.74, 6) is 0.